The van der Waals surface area contributed by atoms with E-state index in [0.29, 0.717) is 43.4 Å². The van der Waals surface area contributed by atoms with Crippen LogP contribution in [0, 0.1) is 12.7 Å². The Morgan fingerprint density at radius 3 is 2.79 bits per heavy atom. The summed E-state index contributed by atoms with van der Waals surface area (Å²) in [6.07, 6.45) is 3.53. The smallest absolute Gasteiger partial charge is 0.253 e. The number of H-pyrrole nitrogens is 1. The molecule has 9 nitrogen and oxygen atoms in total. The van der Waals surface area contributed by atoms with E-state index in [0.717, 1.165) is 34.9 Å². The molecule has 5 aromatic rings. The third-order valence-electron chi connectivity index (χ3n) is 7.13. The van der Waals surface area contributed by atoms with Crippen LogP contribution in [0.1, 0.15) is 47.2 Å². The van der Waals surface area contributed by atoms with E-state index in [-0.39, 0.29) is 17.5 Å². The fourth-order valence-corrected chi connectivity index (χ4v) is 5.23. The van der Waals surface area contributed by atoms with Crippen molar-refractivity contribution in [3.8, 4) is 0 Å². The van der Waals surface area contributed by atoms with E-state index in [9.17, 15) is 9.18 Å². The van der Waals surface area contributed by atoms with Crippen molar-refractivity contribution in [3.63, 3.8) is 0 Å². The third kappa shape index (κ3) is 5.52. The first kappa shape index (κ1) is 25.1. The Bertz CT molecular complexity index is 1610. The second-order valence-electron chi connectivity index (χ2n) is 10.0. The molecule has 39 heavy (non-hydrogen) atoms. The fraction of sp³-hybridized carbons (Fsp3) is 0.310. The van der Waals surface area contributed by atoms with Crippen LogP contribution in [-0.4, -0.2) is 42.8 Å². The lowest BCUT2D eigenvalue weighted by Crippen LogP contribution is -2.35. The van der Waals surface area contributed by atoms with Crippen LogP contribution in [0.15, 0.2) is 76.1 Å². The van der Waals surface area contributed by atoms with Crippen LogP contribution in [0.25, 0.3) is 10.9 Å². The van der Waals surface area contributed by atoms with Crippen molar-refractivity contribution in [1.82, 2.24) is 30.1 Å². The van der Waals surface area contributed by atoms with Gasteiger partial charge in [-0.2, -0.15) is 0 Å². The van der Waals surface area contributed by atoms with Gasteiger partial charge in [-0.1, -0.05) is 23.8 Å². The summed E-state index contributed by atoms with van der Waals surface area (Å²) in [4.78, 5) is 18.8. The highest BCUT2D eigenvalue weighted by Crippen LogP contribution is 2.31. The second-order valence-corrected chi connectivity index (χ2v) is 10.0. The van der Waals surface area contributed by atoms with Crippen LogP contribution in [-0.2, 0) is 24.4 Å². The molecule has 0 radical (unpaired) electrons. The topological polar surface area (TPSA) is 102 Å². The number of nitrogens with zero attached hydrogens (tertiary/aromatic N) is 5. The molecule has 1 saturated heterocycles. The first-order valence-electron chi connectivity index (χ1n) is 13.1. The first-order valence-corrected chi connectivity index (χ1v) is 13.1. The van der Waals surface area contributed by atoms with Crippen molar-refractivity contribution >= 4 is 10.9 Å². The number of aromatic nitrogens is 5. The van der Waals surface area contributed by atoms with Gasteiger partial charge in [-0.3, -0.25) is 9.69 Å². The van der Waals surface area contributed by atoms with E-state index in [4.69, 9.17) is 9.15 Å². The van der Waals surface area contributed by atoms with Crippen LogP contribution >= 0.6 is 0 Å². The van der Waals surface area contributed by atoms with Gasteiger partial charge in [0, 0.05) is 24.2 Å². The molecule has 1 aliphatic heterocycles. The highest BCUT2D eigenvalue weighted by atomic mass is 19.1. The minimum atomic E-state index is -0.634. The highest BCUT2D eigenvalue weighted by Gasteiger charge is 2.32. The Kier molecular flexibility index (Phi) is 7.04. The Hall–Kier alpha value is -4.15. The molecule has 10 heteroatoms. The molecule has 4 heterocycles. The predicted molar refractivity (Wildman–Crippen MR) is 142 cm³/mol. The zero-order chi connectivity index (χ0) is 26.8. The van der Waals surface area contributed by atoms with Gasteiger partial charge in [0.2, 0.25) is 0 Å². The van der Waals surface area contributed by atoms with E-state index in [1.165, 1.54) is 12.1 Å². The molecule has 1 fully saturated rings. The van der Waals surface area contributed by atoms with Crippen LogP contribution < -0.4 is 5.56 Å². The van der Waals surface area contributed by atoms with E-state index >= 15 is 0 Å². The molecule has 0 aliphatic carbocycles. The quantitative estimate of drug-likeness (QED) is 0.300. The molecule has 1 N–H and O–H groups in total. The van der Waals surface area contributed by atoms with Crippen molar-refractivity contribution in [1.29, 1.82) is 0 Å². The molecule has 3 aromatic heterocycles. The maximum atomic E-state index is 13.7. The molecule has 6 rings (SSSR count). The van der Waals surface area contributed by atoms with Crippen molar-refractivity contribution < 1.29 is 13.5 Å². The standard InChI is InChI=1S/C29H29FN6O3/c1-19-6-11-26-21(14-19)15-25(29(37)31-26)27(28-32-33-34-36(28)18-24-5-3-13-39-24)35(17-23-4-2-12-38-23)16-20-7-9-22(30)10-8-20/h2,4,6-12,14-15,24,27H,3,5,13,16-18H2,1H3,(H,31,37)/t24-,27-/m0/s1. The van der Waals surface area contributed by atoms with Gasteiger partial charge in [-0.15, -0.1) is 5.10 Å². The molecule has 0 unspecified atom stereocenters. The molecule has 2 atom stereocenters. The lowest BCUT2D eigenvalue weighted by atomic mass is 10.0. The Balaban J connectivity index is 1.50. The molecular weight excluding hydrogens is 499 g/mol. The van der Waals surface area contributed by atoms with Gasteiger partial charge in [0.1, 0.15) is 17.6 Å². The molecular formula is C29H29FN6O3. The number of pyridine rings is 1. The maximum Gasteiger partial charge on any atom is 0.253 e. The second kappa shape index (κ2) is 10.9. The van der Waals surface area contributed by atoms with Crippen molar-refractivity contribution in [2.75, 3.05) is 6.61 Å². The maximum absolute atomic E-state index is 13.7. The fourth-order valence-electron chi connectivity index (χ4n) is 5.23. The molecule has 0 spiro atoms. The number of fused-ring (bicyclic) bond motifs is 1. The van der Waals surface area contributed by atoms with Gasteiger partial charge in [-0.05, 0) is 83.6 Å². The van der Waals surface area contributed by atoms with Gasteiger partial charge in [-0.25, -0.2) is 9.07 Å². The zero-order valence-electron chi connectivity index (χ0n) is 21.6. The van der Waals surface area contributed by atoms with E-state index < -0.39 is 6.04 Å². The van der Waals surface area contributed by atoms with Gasteiger partial charge in [0.15, 0.2) is 5.82 Å². The monoisotopic (exact) mass is 528 g/mol. The zero-order valence-corrected chi connectivity index (χ0v) is 21.6. The normalized spacial score (nSPS) is 16.3. The summed E-state index contributed by atoms with van der Waals surface area (Å²) in [6.45, 7) is 3.97. The SMILES string of the molecule is Cc1ccc2[nH]c(=O)c([C@@H](c3nnnn3C[C@@H]3CCCO3)N(Cc3ccc(F)cc3)Cc3ccco3)cc2c1. The number of furan rings is 1. The number of tetrazole rings is 1. The number of hydrogen-bond donors (Lipinski definition) is 1. The minimum absolute atomic E-state index is 0.000981. The number of ether oxygens (including phenoxy) is 1. The van der Waals surface area contributed by atoms with Gasteiger partial charge in [0.05, 0.1) is 25.5 Å². The summed E-state index contributed by atoms with van der Waals surface area (Å²) >= 11 is 0. The number of aromatic amines is 1. The average Bonchev–Trinajstić information content (AvgIpc) is 3.71. The predicted octanol–water partition coefficient (Wildman–Crippen LogP) is 4.53. The Morgan fingerprint density at radius 2 is 2.03 bits per heavy atom. The molecule has 0 bridgehead atoms. The number of aryl methyl sites for hydroxylation is 1. The summed E-state index contributed by atoms with van der Waals surface area (Å²) in [5.74, 6) is 0.930. The Morgan fingerprint density at radius 1 is 1.15 bits per heavy atom. The average molecular weight is 529 g/mol. The number of nitrogens with one attached hydrogen (secondary N) is 1. The van der Waals surface area contributed by atoms with Crippen LogP contribution in [0.2, 0.25) is 0 Å². The van der Waals surface area contributed by atoms with Crippen molar-refractivity contribution in [2.24, 2.45) is 0 Å². The van der Waals surface area contributed by atoms with Crippen LogP contribution in [0.3, 0.4) is 0 Å². The molecule has 0 amide bonds. The van der Waals surface area contributed by atoms with Crippen molar-refractivity contribution in [3.05, 3.63) is 111 Å². The molecule has 0 saturated carbocycles. The Labute approximate surface area is 224 Å². The summed E-state index contributed by atoms with van der Waals surface area (Å²) in [7, 11) is 0. The van der Waals surface area contributed by atoms with Crippen LogP contribution in [0.5, 0.6) is 0 Å². The van der Waals surface area contributed by atoms with Gasteiger partial charge < -0.3 is 14.1 Å². The molecule has 1 aliphatic rings. The highest BCUT2D eigenvalue weighted by molar-refractivity contribution is 5.79. The third-order valence-corrected chi connectivity index (χ3v) is 7.13. The molecule has 200 valence electrons. The van der Waals surface area contributed by atoms with E-state index in [2.05, 4.69) is 25.4 Å². The van der Waals surface area contributed by atoms with Crippen LogP contribution in [0.4, 0.5) is 4.39 Å². The largest absolute Gasteiger partial charge is 0.468 e. The molecule has 2 aromatic carbocycles. The number of halogens is 1. The first-order chi connectivity index (χ1) is 19.0. The van der Waals surface area contributed by atoms with Crippen molar-refractivity contribution in [2.45, 2.75) is 51.5 Å². The van der Waals surface area contributed by atoms with E-state index in [1.807, 2.05) is 43.3 Å². The number of benzene rings is 2. The lowest BCUT2D eigenvalue weighted by Gasteiger charge is -2.30. The van der Waals surface area contributed by atoms with E-state index in [1.54, 1.807) is 23.1 Å². The lowest BCUT2D eigenvalue weighted by molar-refractivity contribution is 0.0901. The summed E-state index contributed by atoms with van der Waals surface area (Å²) < 4.78 is 27.1. The van der Waals surface area contributed by atoms with Gasteiger partial charge in [0.25, 0.3) is 5.56 Å². The summed E-state index contributed by atoms with van der Waals surface area (Å²) in [5.41, 5.74) is 2.98. The minimum Gasteiger partial charge on any atom is -0.468 e. The van der Waals surface area contributed by atoms with Gasteiger partial charge >= 0.3 is 0 Å². The number of hydrogen-bond acceptors (Lipinski definition) is 7. The summed E-state index contributed by atoms with van der Waals surface area (Å²) in [6, 6.07) is 17.3. The number of rotatable bonds is 9. The summed E-state index contributed by atoms with van der Waals surface area (Å²) in [5, 5.41) is 13.7.